The predicted molar refractivity (Wildman–Crippen MR) is 102 cm³/mol. The van der Waals surface area contributed by atoms with Crippen molar-refractivity contribution >= 4 is 17.7 Å². The number of nitrogens with zero attached hydrogens (tertiary/aromatic N) is 1. The number of esters is 1. The number of amides is 1. The van der Waals surface area contributed by atoms with E-state index in [-0.39, 0.29) is 35.5 Å². The van der Waals surface area contributed by atoms with Gasteiger partial charge in [0.05, 0.1) is 0 Å². The van der Waals surface area contributed by atoms with Gasteiger partial charge in [-0.3, -0.25) is 19.3 Å². The minimum Gasteiger partial charge on any atom is -0.459 e. The number of likely N-dealkylation sites (tertiary alicyclic amines) is 1. The van der Waals surface area contributed by atoms with Crippen molar-refractivity contribution in [2.75, 3.05) is 13.1 Å². The molecule has 6 heteroatoms. The summed E-state index contributed by atoms with van der Waals surface area (Å²) in [6.07, 6.45) is 2.46. The van der Waals surface area contributed by atoms with Gasteiger partial charge < -0.3 is 10.1 Å². The molecule has 1 amide bonds. The minimum atomic E-state index is -0.552. The summed E-state index contributed by atoms with van der Waals surface area (Å²) in [5, 5.41) is 2.97. The van der Waals surface area contributed by atoms with Gasteiger partial charge in [0.15, 0.2) is 0 Å². The Morgan fingerprint density at radius 1 is 1.23 bits per heavy atom. The topological polar surface area (TPSA) is 75.7 Å². The summed E-state index contributed by atoms with van der Waals surface area (Å²) in [5.74, 6) is -0.109. The van der Waals surface area contributed by atoms with E-state index in [1.807, 2.05) is 27.7 Å². The number of carbonyl (C=O) groups is 3. The van der Waals surface area contributed by atoms with Gasteiger partial charge in [-0.1, -0.05) is 13.3 Å². The van der Waals surface area contributed by atoms with E-state index < -0.39 is 11.6 Å². The number of rotatable bonds is 8. The molecule has 1 saturated heterocycles. The Kier molecular flexibility index (Phi) is 8.25. The first-order valence-corrected chi connectivity index (χ1v) is 9.69. The maximum absolute atomic E-state index is 12.7. The molecule has 0 bridgehead atoms. The Morgan fingerprint density at radius 3 is 2.31 bits per heavy atom. The molecule has 0 spiro atoms. The number of ether oxygens (including phenoxy) is 1. The number of carbonyl (C=O) groups excluding carboxylic acids is 3. The molecular formula is C20H36N2O4. The molecule has 0 aromatic heterocycles. The molecule has 6 nitrogen and oxygen atoms in total. The summed E-state index contributed by atoms with van der Waals surface area (Å²) in [7, 11) is 0. The third-order valence-electron chi connectivity index (χ3n) is 4.92. The second-order valence-electron chi connectivity index (χ2n) is 8.58. The fraction of sp³-hybridized carbons (Fsp3) is 0.850. The van der Waals surface area contributed by atoms with Gasteiger partial charge in [-0.25, -0.2) is 0 Å². The van der Waals surface area contributed by atoms with Crippen molar-refractivity contribution < 1.29 is 19.1 Å². The fourth-order valence-electron chi connectivity index (χ4n) is 3.62. The van der Waals surface area contributed by atoms with Crippen molar-refractivity contribution in [1.82, 2.24) is 10.2 Å². The highest BCUT2D eigenvalue weighted by Gasteiger charge is 2.41. The zero-order valence-electron chi connectivity index (χ0n) is 17.4. The van der Waals surface area contributed by atoms with Crippen molar-refractivity contribution in [2.24, 2.45) is 11.8 Å². The van der Waals surface area contributed by atoms with E-state index in [1.165, 1.54) is 6.92 Å². The van der Waals surface area contributed by atoms with E-state index in [4.69, 9.17) is 4.74 Å². The molecule has 1 fully saturated rings. The monoisotopic (exact) mass is 368 g/mol. The van der Waals surface area contributed by atoms with Gasteiger partial charge in [-0.05, 0) is 53.4 Å². The lowest BCUT2D eigenvalue weighted by Crippen LogP contribution is -2.47. The van der Waals surface area contributed by atoms with E-state index in [0.29, 0.717) is 19.5 Å². The Morgan fingerprint density at radius 2 is 1.85 bits per heavy atom. The van der Waals surface area contributed by atoms with Gasteiger partial charge in [-0.2, -0.15) is 0 Å². The molecule has 1 aliphatic rings. The number of hydrogen-bond acceptors (Lipinski definition) is 5. The molecule has 0 saturated carbocycles. The van der Waals surface area contributed by atoms with Gasteiger partial charge in [0, 0.05) is 32.0 Å². The van der Waals surface area contributed by atoms with E-state index in [1.54, 1.807) is 6.92 Å². The van der Waals surface area contributed by atoms with Crippen molar-refractivity contribution in [1.29, 1.82) is 0 Å². The first-order valence-electron chi connectivity index (χ1n) is 9.69. The van der Waals surface area contributed by atoms with E-state index >= 15 is 0 Å². The van der Waals surface area contributed by atoms with Crippen LogP contribution in [0.5, 0.6) is 0 Å². The lowest BCUT2D eigenvalue weighted by Gasteiger charge is -2.32. The molecule has 0 radical (unpaired) electrons. The van der Waals surface area contributed by atoms with Crippen LogP contribution in [0.3, 0.4) is 0 Å². The molecule has 0 aromatic rings. The summed E-state index contributed by atoms with van der Waals surface area (Å²) < 4.78 is 5.58. The first kappa shape index (κ1) is 22.6. The zero-order chi connectivity index (χ0) is 20.1. The van der Waals surface area contributed by atoms with Crippen molar-refractivity contribution in [3.8, 4) is 0 Å². The van der Waals surface area contributed by atoms with Gasteiger partial charge >= 0.3 is 5.97 Å². The summed E-state index contributed by atoms with van der Waals surface area (Å²) >= 11 is 0. The second-order valence-corrected chi connectivity index (χ2v) is 8.58. The molecule has 1 heterocycles. The van der Waals surface area contributed by atoms with E-state index in [9.17, 15) is 14.4 Å². The number of Topliss-reactive ketones (excluding diaryl/α,β-unsaturated/α-hetero) is 1. The molecule has 1 rings (SSSR count). The quantitative estimate of drug-likeness (QED) is 0.666. The third-order valence-corrected chi connectivity index (χ3v) is 4.92. The molecule has 0 aliphatic carbocycles. The van der Waals surface area contributed by atoms with Gasteiger partial charge in [-0.15, -0.1) is 0 Å². The van der Waals surface area contributed by atoms with Crippen molar-refractivity contribution in [2.45, 2.75) is 85.4 Å². The highest BCUT2D eigenvalue weighted by atomic mass is 16.6. The van der Waals surface area contributed by atoms with Crippen LogP contribution in [0.4, 0.5) is 0 Å². The summed E-state index contributed by atoms with van der Waals surface area (Å²) in [6.45, 7) is 14.0. The molecule has 4 atom stereocenters. The predicted octanol–water partition coefficient (Wildman–Crippen LogP) is 2.55. The van der Waals surface area contributed by atoms with Gasteiger partial charge in [0.1, 0.15) is 17.4 Å². The third kappa shape index (κ3) is 7.06. The van der Waals surface area contributed by atoms with Gasteiger partial charge in [0.2, 0.25) is 5.91 Å². The fourth-order valence-corrected chi connectivity index (χ4v) is 3.62. The Labute approximate surface area is 158 Å². The largest absolute Gasteiger partial charge is 0.459 e. The van der Waals surface area contributed by atoms with Crippen LogP contribution in [0.1, 0.15) is 67.7 Å². The van der Waals surface area contributed by atoms with Crippen LogP contribution in [0.15, 0.2) is 0 Å². The Hall–Kier alpha value is -1.43. The maximum Gasteiger partial charge on any atom is 0.323 e. The highest BCUT2D eigenvalue weighted by Crippen LogP contribution is 2.28. The smallest absolute Gasteiger partial charge is 0.323 e. The molecule has 3 unspecified atom stereocenters. The number of ketones is 1. The summed E-state index contributed by atoms with van der Waals surface area (Å²) in [6, 6.07) is -0.380. The number of hydrogen-bond donors (Lipinski definition) is 1. The van der Waals surface area contributed by atoms with Gasteiger partial charge in [0.25, 0.3) is 0 Å². The van der Waals surface area contributed by atoms with Crippen LogP contribution in [0, 0.1) is 11.8 Å². The SMILES string of the molecule is CCC[C@@H](CN1CC(C(C)=O)CC1C(=O)OC(C)(C)C)C(C)NC(C)=O. The second kappa shape index (κ2) is 9.49. The lowest BCUT2D eigenvalue weighted by atomic mass is 9.95. The van der Waals surface area contributed by atoms with E-state index in [0.717, 1.165) is 12.8 Å². The van der Waals surface area contributed by atoms with E-state index in [2.05, 4.69) is 17.1 Å². The van der Waals surface area contributed by atoms with Crippen molar-refractivity contribution in [3.05, 3.63) is 0 Å². The van der Waals surface area contributed by atoms with Crippen LogP contribution in [-0.4, -0.2) is 53.3 Å². The highest BCUT2D eigenvalue weighted by molar-refractivity contribution is 5.82. The standard InChI is InChI=1S/C20H36N2O4/c1-8-9-16(13(2)21-15(4)24)11-22-12-17(14(3)23)10-18(22)19(25)26-20(5,6)7/h13,16-18H,8-12H2,1-7H3,(H,21,24)/t13?,16-,17?,18?/m0/s1. The van der Waals surface area contributed by atoms with Crippen LogP contribution in [0.25, 0.3) is 0 Å². The molecular weight excluding hydrogens is 332 g/mol. The average molecular weight is 369 g/mol. The van der Waals surface area contributed by atoms with Crippen LogP contribution >= 0.6 is 0 Å². The number of nitrogens with one attached hydrogen (secondary N) is 1. The van der Waals surface area contributed by atoms with Crippen LogP contribution in [-0.2, 0) is 19.1 Å². The maximum atomic E-state index is 12.7. The molecule has 150 valence electrons. The summed E-state index contributed by atoms with van der Waals surface area (Å²) in [5.41, 5.74) is -0.552. The Bertz CT molecular complexity index is 512. The first-order chi connectivity index (χ1) is 11.9. The normalized spacial score (nSPS) is 23.3. The molecule has 1 N–H and O–H groups in total. The minimum absolute atomic E-state index is 0.0168. The average Bonchev–Trinajstić information content (AvgIpc) is 2.88. The molecule has 1 aliphatic heterocycles. The van der Waals surface area contributed by atoms with Crippen LogP contribution < -0.4 is 5.32 Å². The molecule has 0 aromatic carbocycles. The lowest BCUT2D eigenvalue weighted by molar-refractivity contribution is -0.160. The zero-order valence-corrected chi connectivity index (χ0v) is 17.4. The summed E-state index contributed by atoms with van der Waals surface area (Å²) in [4.78, 5) is 38.1. The molecule has 26 heavy (non-hydrogen) atoms. The van der Waals surface area contributed by atoms with Crippen molar-refractivity contribution in [3.63, 3.8) is 0 Å². The Balaban J connectivity index is 2.92. The van der Waals surface area contributed by atoms with Crippen LogP contribution in [0.2, 0.25) is 0 Å².